The fourth-order valence-corrected chi connectivity index (χ4v) is 1.51. The monoisotopic (exact) mass is 230 g/mol. The molecule has 0 bridgehead atoms. The molecule has 0 aromatic carbocycles. The third kappa shape index (κ3) is 2.92. The fourth-order valence-electron chi connectivity index (χ4n) is 1.51. The molecule has 17 heavy (non-hydrogen) atoms. The minimum atomic E-state index is -0.159. The molecule has 0 saturated carbocycles. The van der Waals surface area contributed by atoms with Crippen LogP contribution in [0.25, 0.3) is 0 Å². The Kier molecular flexibility index (Phi) is 3.52. The van der Waals surface area contributed by atoms with Crippen LogP contribution in [0.2, 0.25) is 0 Å². The Morgan fingerprint density at radius 3 is 3.06 bits per heavy atom. The summed E-state index contributed by atoms with van der Waals surface area (Å²) in [5.41, 5.74) is 6.86. The number of carbonyl (C=O) groups is 1. The number of rotatable bonds is 4. The summed E-state index contributed by atoms with van der Waals surface area (Å²) >= 11 is 0. The van der Waals surface area contributed by atoms with Crippen molar-refractivity contribution in [2.75, 3.05) is 11.9 Å². The van der Waals surface area contributed by atoms with E-state index in [4.69, 9.17) is 5.73 Å². The van der Waals surface area contributed by atoms with E-state index in [1.165, 1.54) is 0 Å². The van der Waals surface area contributed by atoms with Gasteiger partial charge in [0.1, 0.15) is 5.82 Å². The summed E-state index contributed by atoms with van der Waals surface area (Å²) in [5, 5.41) is 2.75. The average Bonchev–Trinajstić information content (AvgIpc) is 2.83. The number of hydrogen-bond donors (Lipinski definition) is 3. The van der Waals surface area contributed by atoms with Gasteiger partial charge in [0, 0.05) is 30.1 Å². The van der Waals surface area contributed by atoms with Crippen LogP contribution >= 0.6 is 0 Å². The minimum absolute atomic E-state index is 0.159. The fraction of sp³-hybridized carbons (Fsp3) is 0.167. The molecule has 0 radical (unpaired) electrons. The number of nitrogens with zero attached hydrogens (tertiary/aromatic N) is 1. The molecule has 88 valence electrons. The van der Waals surface area contributed by atoms with Crippen molar-refractivity contribution in [1.82, 2.24) is 9.97 Å². The SMILES string of the molecule is NCCc1cc(C(=O)Nc2ccc[nH]2)ccn1. The number of nitrogens with one attached hydrogen (secondary N) is 2. The first-order valence-electron chi connectivity index (χ1n) is 5.39. The predicted octanol–water partition coefficient (Wildman–Crippen LogP) is 1.16. The van der Waals surface area contributed by atoms with Crippen LogP contribution in [0.3, 0.4) is 0 Å². The van der Waals surface area contributed by atoms with Crippen molar-refractivity contribution < 1.29 is 4.79 Å². The van der Waals surface area contributed by atoms with E-state index in [2.05, 4.69) is 15.3 Å². The highest BCUT2D eigenvalue weighted by Crippen LogP contribution is 2.07. The predicted molar refractivity (Wildman–Crippen MR) is 65.7 cm³/mol. The molecular formula is C12H14N4O. The number of hydrogen-bond acceptors (Lipinski definition) is 3. The minimum Gasteiger partial charge on any atom is -0.348 e. The standard InChI is InChI=1S/C12H14N4O/c13-5-3-10-8-9(4-7-14-10)12(17)16-11-2-1-6-15-11/h1-2,4,6-8,15H,3,5,13H2,(H,16,17). The van der Waals surface area contributed by atoms with E-state index in [1.54, 1.807) is 30.6 Å². The van der Waals surface area contributed by atoms with Crippen LogP contribution in [-0.2, 0) is 6.42 Å². The van der Waals surface area contributed by atoms with E-state index in [1.807, 2.05) is 6.07 Å². The van der Waals surface area contributed by atoms with E-state index in [0.717, 1.165) is 5.69 Å². The van der Waals surface area contributed by atoms with E-state index < -0.39 is 0 Å². The highest BCUT2D eigenvalue weighted by Gasteiger charge is 2.07. The molecule has 0 atom stereocenters. The zero-order valence-corrected chi connectivity index (χ0v) is 9.31. The number of aromatic nitrogens is 2. The molecule has 0 saturated heterocycles. The van der Waals surface area contributed by atoms with Crippen molar-refractivity contribution in [1.29, 1.82) is 0 Å². The lowest BCUT2D eigenvalue weighted by Crippen LogP contribution is -2.13. The summed E-state index contributed by atoms with van der Waals surface area (Å²) in [5.74, 6) is 0.514. The van der Waals surface area contributed by atoms with Gasteiger partial charge in [-0.25, -0.2) is 0 Å². The first-order chi connectivity index (χ1) is 8.29. The molecule has 2 rings (SSSR count). The van der Waals surface area contributed by atoms with E-state index in [9.17, 15) is 4.79 Å². The highest BCUT2D eigenvalue weighted by molar-refractivity contribution is 6.03. The van der Waals surface area contributed by atoms with Gasteiger partial charge in [-0.05, 0) is 30.8 Å². The smallest absolute Gasteiger partial charge is 0.256 e. The molecule has 4 N–H and O–H groups in total. The maximum absolute atomic E-state index is 11.9. The molecule has 0 fully saturated rings. The Bertz CT molecular complexity index is 493. The zero-order chi connectivity index (χ0) is 12.1. The summed E-state index contributed by atoms with van der Waals surface area (Å²) < 4.78 is 0. The lowest BCUT2D eigenvalue weighted by Gasteiger charge is -2.04. The molecule has 2 aromatic heterocycles. The maximum atomic E-state index is 11.9. The quantitative estimate of drug-likeness (QED) is 0.737. The van der Waals surface area contributed by atoms with Gasteiger partial charge in [0.05, 0.1) is 0 Å². The summed E-state index contributed by atoms with van der Waals surface area (Å²) in [7, 11) is 0. The molecule has 0 unspecified atom stereocenters. The summed E-state index contributed by atoms with van der Waals surface area (Å²) in [6.07, 6.45) is 4.04. The summed E-state index contributed by atoms with van der Waals surface area (Å²) in [6, 6.07) is 7.05. The molecular weight excluding hydrogens is 216 g/mol. The maximum Gasteiger partial charge on any atom is 0.256 e. The number of aromatic amines is 1. The molecule has 2 aromatic rings. The second-order valence-electron chi connectivity index (χ2n) is 3.61. The second-order valence-corrected chi connectivity index (χ2v) is 3.61. The molecule has 0 aliphatic rings. The largest absolute Gasteiger partial charge is 0.348 e. The first kappa shape index (κ1) is 11.3. The van der Waals surface area contributed by atoms with Gasteiger partial charge < -0.3 is 16.0 Å². The van der Waals surface area contributed by atoms with Crippen LogP contribution in [0.15, 0.2) is 36.7 Å². The Hall–Kier alpha value is -2.14. The van der Waals surface area contributed by atoms with Crippen molar-refractivity contribution in [3.05, 3.63) is 47.9 Å². The van der Waals surface area contributed by atoms with Gasteiger partial charge in [-0.15, -0.1) is 0 Å². The Labute approximate surface area is 99.1 Å². The number of nitrogens with two attached hydrogens (primary N) is 1. The van der Waals surface area contributed by atoms with Crippen molar-refractivity contribution in [2.45, 2.75) is 6.42 Å². The lowest BCUT2D eigenvalue weighted by atomic mass is 10.2. The van der Waals surface area contributed by atoms with Crippen LogP contribution in [0.4, 0.5) is 5.82 Å². The third-order valence-corrected chi connectivity index (χ3v) is 2.33. The van der Waals surface area contributed by atoms with Gasteiger partial charge in [0.25, 0.3) is 5.91 Å². The van der Waals surface area contributed by atoms with Gasteiger partial charge in [-0.3, -0.25) is 9.78 Å². The van der Waals surface area contributed by atoms with Gasteiger partial charge in [0.2, 0.25) is 0 Å². The lowest BCUT2D eigenvalue weighted by molar-refractivity contribution is 0.102. The number of carbonyl (C=O) groups excluding carboxylic acids is 1. The normalized spacial score (nSPS) is 10.2. The van der Waals surface area contributed by atoms with Gasteiger partial charge in [-0.1, -0.05) is 0 Å². The first-order valence-corrected chi connectivity index (χ1v) is 5.39. The summed E-state index contributed by atoms with van der Waals surface area (Å²) in [4.78, 5) is 18.9. The van der Waals surface area contributed by atoms with Crippen molar-refractivity contribution in [3.63, 3.8) is 0 Å². The molecule has 0 aliphatic carbocycles. The van der Waals surface area contributed by atoms with Crippen LogP contribution in [0.1, 0.15) is 16.1 Å². The van der Waals surface area contributed by atoms with E-state index >= 15 is 0 Å². The van der Waals surface area contributed by atoms with Gasteiger partial charge in [0.15, 0.2) is 0 Å². The van der Waals surface area contributed by atoms with Gasteiger partial charge >= 0.3 is 0 Å². The molecule has 0 spiro atoms. The summed E-state index contributed by atoms with van der Waals surface area (Å²) in [6.45, 7) is 0.523. The Balaban J connectivity index is 2.11. The molecule has 5 heteroatoms. The molecule has 5 nitrogen and oxygen atoms in total. The molecule has 2 heterocycles. The third-order valence-electron chi connectivity index (χ3n) is 2.33. The van der Waals surface area contributed by atoms with Crippen molar-refractivity contribution in [2.24, 2.45) is 5.73 Å². The van der Waals surface area contributed by atoms with E-state index in [-0.39, 0.29) is 5.91 Å². The van der Waals surface area contributed by atoms with E-state index in [0.29, 0.717) is 24.3 Å². The molecule has 0 aliphatic heterocycles. The number of pyridine rings is 1. The zero-order valence-electron chi connectivity index (χ0n) is 9.31. The van der Waals surface area contributed by atoms with Crippen molar-refractivity contribution >= 4 is 11.7 Å². The number of amides is 1. The highest BCUT2D eigenvalue weighted by atomic mass is 16.1. The van der Waals surface area contributed by atoms with Crippen LogP contribution in [0.5, 0.6) is 0 Å². The van der Waals surface area contributed by atoms with Crippen LogP contribution in [0, 0.1) is 0 Å². The molecule has 1 amide bonds. The number of H-pyrrole nitrogens is 1. The topological polar surface area (TPSA) is 83.8 Å². The number of anilines is 1. The van der Waals surface area contributed by atoms with Crippen molar-refractivity contribution in [3.8, 4) is 0 Å². The Morgan fingerprint density at radius 2 is 2.35 bits per heavy atom. The van der Waals surface area contributed by atoms with Crippen LogP contribution in [-0.4, -0.2) is 22.4 Å². The van der Waals surface area contributed by atoms with Gasteiger partial charge in [-0.2, -0.15) is 0 Å². The average molecular weight is 230 g/mol. The second kappa shape index (κ2) is 5.27. The van der Waals surface area contributed by atoms with Crippen LogP contribution < -0.4 is 11.1 Å². The Morgan fingerprint density at radius 1 is 1.47 bits per heavy atom.